The van der Waals surface area contributed by atoms with Crippen LogP contribution in [-0.2, 0) is 0 Å². The molecule has 13 heavy (non-hydrogen) atoms. The van der Waals surface area contributed by atoms with Gasteiger partial charge < -0.3 is 10.6 Å². The van der Waals surface area contributed by atoms with E-state index in [1.165, 1.54) is 5.57 Å². The Morgan fingerprint density at radius 3 is 2.31 bits per heavy atom. The van der Waals surface area contributed by atoms with Gasteiger partial charge in [0.1, 0.15) is 0 Å². The highest BCUT2D eigenvalue weighted by Gasteiger charge is 2.14. The molecule has 0 spiro atoms. The van der Waals surface area contributed by atoms with E-state index in [0.29, 0.717) is 12.0 Å². The Hall–Kier alpha value is -0.920. The molecule has 0 saturated carbocycles. The van der Waals surface area contributed by atoms with E-state index in [1.807, 2.05) is 0 Å². The van der Waals surface area contributed by atoms with Gasteiger partial charge in [0.15, 0.2) is 0 Å². The Bertz CT molecular complexity index is 236. The normalized spacial score (nSPS) is 17.8. The molecule has 0 bridgehead atoms. The Morgan fingerprint density at radius 2 is 1.92 bits per heavy atom. The third-order valence-corrected chi connectivity index (χ3v) is 2.45. The highest BCUT2D eigenvalue weighted by Crippen LogP contribution is 2.19. The summed E-state index contributed by atoms with van der Waals surface area (Å²) in [6.45, 7) is 9.59. The number of hydrogen-bond acceptors (Lipinski definition) is 2. The van der Waals surface area contributed by atoms with E-state index in [4.69, 9.17) is 5.73 Å². The lowest BCUT2D eigenvalue weighted by atomic mass is 9.98. The molecule has 0 aromatic rings. The van der Waals surface area contributed by atoms with E-state index in [-0.39, 0.29) is 0 Å². The predicted octanol–water partition coefficient (Wildman–Crippen LogP) is 2.09. The zero-order valence-corrected chi connectivity index (χ0v) is 9.04. The molecule has 2 N–H and O–H groups in total. The van der Waals surface area contributed by atoms with Crippen molar-refractivity contribution in [2.75, 3.05) is 6.54 Å². The number of hydrogen-bond donors (Lipinski definition) is 1. The van der Waals surface area contributed by atoms with Crippen molar-refractivity contribution in [1.29, 1.82) is 0 Å². The van der Waals surface area contributed by atoms with Gasteiger partial charge >= 0.3 is 0 Å². The number of allylic oxidation sites excluding steroid dienone is 2. The van der Waals surface area contributed by atoms with E-state index >= 15 is 0 Å². The van der Waals surface area contributed by atoms with Gasteiger partial charge in [0.25, 0.3) is 0 Å². The topological polar surface area (TPSA) is 29.3 Å². The zero-order chi connectivity index (χ0) is 10.0. The van der Waals surface area contributed by atoms with Crippen LogP contribution in [0.25, 0.3) is 0 Å². The SMILES string of the molecule is CC(C)C1=C(N)CN(C(C)C)C=C1. The average Bonchev–Trinajstić information content (AvgIpc) is 2.03. The lowest BCUT2D eigenvalue weighted by Gasteiger charge is -2.30. The Balaban J connectivity index is 2.75. The fourth-order valence-corrected chi connectivity index (χ4v) is 1.54. The van der Waals surface area contributed by atoms with E-state index in [9.17, 15) is 0 Å². The van der Waals surface area contributed by atoms with Crippen molar-refractivity contribution in [1.82, 2.24) is 4.90 Å². The summed E-state index contributed by atoms with van der Waals surface area (Å²) in [5.41, 5.74) is 8.30. The van der Waals surface area contributed by atoms with Crippen LogP contribution in [0.2, 0.25) is 0 Å². The van der Waals surface area contributed by atoms with Crippen LogP contribution in [0.4, 0.5) is 0 Å². The molecular formula is C11H20N2. The maximum Gasteiger partial charge on any atom is 0.0574 e. The van der Waals surface area contributed by atoms with Crippen LogP contribution in [0.3, 0.4) is 0 Å². The molecule has 0 saturated heterocycles. The molecular weight excluding hydrogens is 160 g/mol. The lowest BCUT2D eigenvalue weighted by molar-refractivity contribution is 0.327. The number of nitrogens with two attached hydrogens (primary N) is 1. The van der Waals surface area contributed by atoms with E-state index in [0.717, 1.165) is 12.2 Å². The van der Waals surface area contributed by atoms with Crippen LogP contribution in [0.1, 0.15) is 27.7 Å². The molecule has 2 nitrogen and oxygen atoms in total. The van der Waals surface area contributed by atoms with E-state index < -0.39 is 0 Å². The first-order valence-electron chi connectivity index (χ1n) is 4.94. The van der Waals surface area contributed by atoms with Gasteiger partial charge in [-0.25, -0.2) is 0 Å². The molecule has 0 atom stereocenters. The summed E-state index contributed by atoms with van der Waals surface area (Å²) >= 11 is 0. The van der Waals surface area contributed by atoms with Gasteiger partial charge in [-0.15, -0.1) is 0 Å². The highest BCUT2D eigenvalue weighted by molar-refractivity contribution is 5.30. The smallest absolute Gasteiger partial charge is 0.0574 e. The standard InChI is InChI=1S/C11H20N2/c1-8(2)10-5-6-13(9(3)4)7-11(10)12/h5-6,8-9H,7,12H2,1-4H3. The molecule has 0 aromatic carbocycles. The second kappa shape index (κ2) is 3.86. The third-order valence-electron chi connectivity index (χ3n) is 2.45. The second-order valence-corrected chi connectivity index (χ2v) is 4.22. The molecule has 74 valence electrons. The average molecular weight is 180 g/mol. The Morgan fingerprint density at radius 1 is 1.31 bits per heavy atom. The first kappa shape index (κ1) is 10.2. The van der Waals surface area contributed by atoms with Crippen LogP contribution < -0.4 is 5.73 Å². The Labute approximate surface area is 81.1 Å². The summed E-state index contributed by atoms with van der Waals surface area (Å²) in [5, 5.41) is 0. The molecule has 1 heterocycles. The monoisotopic (exact) mass is 180 g/mol. The van der Waals surface area contributed by atoms with E-state index in [2.05, 4.69) is 44.9 Å². The predicted molar refractivity (Wildman–Crippen MR) is 57.0 cm³/mol. The molecule has 1 aliphatic heterocycles. The van der Waals surface area contributed by atoms with Crippen molar-refractivity contribution < 1.29 is 0 Å². The summed E-state index contributed by atoms with van der Waals surface area (Å²) in [7, 11) is 0. The van der Waals surface area contributed by atoms with Crippen LogP contribution in [0.15, 0.2) is 23.5 Å². The first-order chi connectivity index (χ1) is 6.02. The van der Waals surface area contributed by atoms with Gasteiger partial charge in [-0.2, -0.15) is 0 Å². The van der Waals surface area contributed by atoms with Crippen molar-refractivity contribution in [3.05, 3.63) is 23.5 Å². The number of nitrogens with zero attached hydrogens (tertiary/aromatic N) is 1. The van der Waals surface area contributed by atoms with Crippen LogP contribution in [0.5, 0.6) is 0 Å². The summed E-state index contributed by atoms with van der Waals surface area (Å²) < 4.78 is 0. The van der Waals surface area contributed by atoms with Gasteiger partial charge in [-0.05, 0) is 31.4 Å². The van der Waals surface area contributed by atoms with Gasteiger partial charge in [-0.1, -0.05) is 13.8 Å². The maximum atomic E-state index is 5.99. The van der Waals surface area contributed by atoms with Crippen LogP contribution in [0, 0.1) is 5.92 Å². The van der Waals surface area contributed by atoms with Gasteiger partial charge in [0.2, 0.25) is 0 Å². The summed E-state index contributed by atoms with van der Waals surface area (Å²) in [5.74, 6) is 0.533. The molecule has 2 heteroatoms. The van der Waals surface area contributed by atoms with Crippen LogP contribution >= 0.6 is 0 Å². The molecule has 0 aliphatic carbocycles. The summed E-state index contributed by atoms with van der Waals surface area (Å²) in [6.07, 6.45) is 4.29. The largest absolute Gasteiger partial charge is 0.400 e. The fraction of sp³-hybridized carbons (Fsp3) is 0.636. The molecule has 0 aromatic heterocycles. The van der Waals surface area contributed by atoms with Crippen molar-refractivity contribution in [3.8, 4) is 0 Å². The molecule has 0 radical (unpaired) electrons. The minimum absolute atomic E-state index is 0.531. The molecule has 1 rings (SSSR count). The van der Waals surface area contributed by atoms with Crippen molar-refractivity contribution in [3.63, 3.8) is 0 Å². The quantitative estimate of drug-likeness (QED) is 0.705. The van der Waals surface area contributed by atoms with E-state index in [1.54, 1.807) is 0 Å². The molecule has 0 unspecified atom stereocenters. The molecule has 1 aliphatic rings. The van der Waals surface area contributed by atoms with Crippen molar-refractivity contribution in [2.24, 2.45) is 11.7 Å². The second-order valence-electron chi connectivity index (χ2n) is 4.22. The minimum Gasteiger partial charge on any atom is -0.400 e. The first-order valence-corrected chi connectivity index (χ1v) is 4.94. The van der Waals surface area contributed by atoms with Gasteiger partial charge in [0, 0.05) is 17.9 Å². The minimum atomic E-state index is 0.531. The fourth-order valence-electron chi connectivity index (χ4n) is 1.54. The molecule has 0 amide bonds. The Kier molecular flexibility index (Phi) is 3.02. The third kappa shape index (κ3) is 2.27. The van der Waals surface area contributed by atoms with Gasteiger partial charge in [0.05, 0.1) is 6.54 Å². The van der Waals surface area contributed by atoms with Crippen molar-refractivity contribution >= 4 is 0 Å². The maximum absolute atomic E-state index is 5.99. The number of rotatable bonds is 2. The summed E-state index contributed by atoms with van der Waals surface area (Å²) in [6, 6.07) is 0.531. The lowest BCUT2D eigenvalue weighted by Crippen LogP contribution is -2.32. The van der Waals surface area contributed by atoms with Crippen LogP contribution in [-0.4, -0.2) is 17.5 Å². The van der Waals surface area contributed by atoms with Gasteiger partial charge in [-0.3, -0.25) is 0 Å². The van der Waals surface area contributed by atoms with Crippen molar-refractivity contribution in [2.45, 2.75) is 33.7 Å². The zero-order valence-electron chi connectivity index (χ0n) is 9.04. The highest BCUT2D eigenvalue weighted by atomic mass is 15.1. The summed E-state index contributed by atoms with van der Waals surface area (Å²) in [4.78, 5) is 2.25. The molecule has 0 fully saturated rings.